The molecule has 1 aromatic carbocycles. The van der Waals surface area contributed by atoms with Crippen molar-refractivity contribution in [2.24, 2.45) is 0 Å². The number of carbonyl (C=O) groups is 1. The number of aryl methyl sites for hydroxylation is 2. The molecule has 1 atom stereocenters. The largest absolute Gasteiger partial charge is 0.359 e. The minimum absolute atomic E-state index is 0.207. The van der Waals surface area contributed by atoms with Gasteiger partial charge in [-0.2, -0.15) is 0 Å². The maximum atomic E-state index is 10.6. The zero-order valence-corrected chi connectivity index (χ0v) is 13.7. The van der Waals surface area contributed by atoms with Gasteiger partial charge in [-0.25, -0.2) is 0 Å². The lowest BCUT2D eigenvalue weighted by Crippen LogP contribution is -2.35. The highest BCUT2D eigenvalue weighted by Gasteiger charge is 2.38. The van der Waals surface area contributed by atoms with Crippen LogP contribution in [0.4, 0.5) is 0 Å². The number of fused-ring (bicyclic) bond motifs is 3. The molecule has 2 aromatic rings. The number of hydrogen-bond acceptors (Lipinski definition) is 1. The highest BCUT2D eigenvalue weighted by Crippen LogP contribution is 2.46. The molecule has 118 valence electrons. The van der Waals surface area contributed by atoms with Gasteiger partial charge >= 0.3 is 0 Å². The number of amides is 1. The zero-order valence-electron chi connectivity index (χ0n) is 13.7. The molecule has 3 heteroatoms. The van der Waals surface area contributed by atoms with E-state index in [-0.39, 0.29) is 5.41 Å². The van der Waals surface area contributed by atoms with Gasteiger partial charge in [0.2, 0.25) is 6.41 Å². The Balaban J connectivity index is 2.17. The maximum absolute atomic E-state index is 10.6. The Kier molecular flexibility index (Phi) is 4.23. The second kappa shape index (κ2) is 6.15. The molecule has 0 radical (unpaired) electrons. The van der Waals surface area contributed by atoms with E-state index < -0.39 is 0 Å². The van der Waals surface area contributed by atoms with Gasteiger partial charge in [0.25, 0.3) is 0 Å². The Bertz CT molecular complexity index is 640. The standard InChI is InChI=1S/C19H26N2O/c1-3-19(12-13-20-14-22)11-7-9-16-15-8-5-6-10-17(15)21(4-2)18(16)19/h5-6,8,10,14H,3-4,7,9,11-13H2,1-2H3,(H,20,22). The molecule has 0 saturated carbocycles. The van der Waals surface area contributed by atoms with Crippen molar-refractivity contribution in [3.8, 4) is 0 Å². The van der Waals surface area contributed by atoms with Gasteiger partial charge in [0.1, 0.15) is 0 Å². The van der Waals surface area contributed by atoms with Gasteiger partial charge in [-0.05, 0) is 50.7 Å². The van der Waals surface area contributed by atoms with Crippen LogP contribution >= 0.6 is 0 Å². The number of nitrogens with one attached hydrogen (secondary N) is 1. The summed E-state index contributed by atoms with van der Waals surface area (Å²) in [6.45, 7) is 6.32. The van der Waals surface area contributed by atoms with Gasteiger partial charge in [0.15, 0.2) is 0 Å². The number of aromatic nitrogens is 1. The molecule has 0 fully saturated rings. The highest BCUT2D eigenvalue weighted by molar-refractivity contribution is 5.86. The van der Waals surface area contributed by atoms with Crippen LogP contribution in [0.3, 0.4) is 0 Å². The first-order chi connectivity index (χ1) is 10.8. The summed E-state index contributed by atoms with van der Waals surface area (Å²) in [5.74, 6) is 0. The molecule has 0 saturated heterocycles. The third-order valence-electron chi connectivity index (χ3n) is 5.48. The van der Waals surface area contributed by atoms with Gasteiger partial charge in [0.05, 0.1) is 0 Å². The summed E-state index contributed by atoms with van der Waals surface area (Å²) in [7, 11) is 0. The fourth-order valence-corrected chi connectivity index (χ4v) is 4.42. The van der Waals surface area contributed by atoms with Gasteiger partial charge < -0.3 is 9.88 Å². The maximum Gasteiger partial charge on any atom is 0.207 e. The van der Waals surface area contributed by atoms with Crippen LogP contribution in [-0.4, -0.2) is 17.5 Å². The number of hydrogen-bond donors (Lipinski definition) is 1. The van der Waals surface area contributed by atoms with Crippen molar-refractivity contribution in [3.63, 3.8) is 0 Å². The molecule has 1 aromatic heterocycles. The third kappa shape index (κ3) is 2.23. The van der Waals surface area contributed by atoms with E-state index in [2.05, 4.69) is 48.0 Å². The van der Waals surface area contributed by atoms with E-state index in [9.17, 15) is 4.79 Å². The number of rotatable bonds is 6. The predicted octanol–water partition coefficient (Wildman–Crippen LogP) is 3.78. The molecule has 1 amide bonds. The molecule has 3 rings (SSSR count). The lowest BCUT2D eigenvalue weighted by molar-refractivity contribution is -0.109. The fourth-order valence-electron chi connectivity index (χ4n) is 4.42. The van der Waals surface area contributed by atoms with Crippen molar-refractivity contribution in [3.05, 3.63) is 35.5 Å². The zero-order chi connectivity index (χ0) is 15.6. The molecule has 1 aliphatic carbocycles. The average Bonchev–Trinajstić information content (AvgIpc) is 2.90. The Morgan fingerprint density at radius 3 is 2.86 bits per heavy atom. The van der Waals surface area contributed by atoms with E-state index in [1.807, 2.05) is 0 Å². The van der Waals surface area contributed by atoms with Crippen LogP contribution in [0, 0.1) is 0 Å². The predicted molar refractivity (Wildman–Crippen MR) is 91.2 cm³/mol. The van der Waals surface area contributed by atoms with Crippen LogP contribution < -0.4 is 5.32 Å². The summed E-state index contributed by atoms with van der Waals surface area (Å²) in [6.07, 6.45) is 6.66. The smallest absolute Gasteiger partial charge is 0.207 e. The Labute approximate surface area is 132 Å². The number of nitrogens with zero attached hydrogens (tertiary/aromatic N) is 1. The molecule has 1 aliphatic rings. The minimum Gasteiger partial charge on any atom is -0.359 e. The summed E-state index contributed by atoms with van der Waals surface area (Å²) in [6, 6.07) is 8.82. The summed E-state index contributed by atoms with van der Waals surface area (Å²) in [4.78, 5) is 10.6. The summed E-state index contributed by atoms with van der Waals surface area (Å²) < 4.78 is 2.52. The molecule has 22 heavy (non-hydrogen) atoms. The lowest BCUT2D eigenvalue weighted by atomic mass is 9.69. The van der Waals surface area contributed by atoms with Gasteiger partial charge in [-0.15, -0.1) is 0 Å². The molecule has 0 spiro atoms. The van der Waals surface area contributed by atoms with Crippen molar-refractivity contribution in [2.75, 3.05) is 6.54 Å². The van der Waals surface area contributed by atoms with Crippen LogP contribution in [0.25, 0.3) is 10.9 Å². The van der Waals surface area contributed by atoms with Gasteiger partial charge in [0, 0.05) is 35.1 Å². The van der Waals surface area contributed by atoms with Crippen LogP contribution in [0.15, 0.2) is 24.3 Å². The van der Waals surface area contributed by atoms with Crippen molar-refractivity contribution in [2.45, 2.75) is 57.9 Å². The quantitative estimate of drug-likeness (QED) is 0.639. The number of para-hydroxylation sites is 1. The molecule has 1 heterocycles. The van der Waals surface area contributed by atoms with E-state index in [4.69, 9.17) is 0 Å². The summed E-state index contributed by atoms with van der Waals surface area (Å²) in [5.41, 5.74) is 4.67. The Morgan fingerprint density at radius 2 is 2.14 bits per heavy atom. The molecule has 1 unspecified atom stereocenters. The summed E-state index contributed by atoms with van der Waals surface area (Å²) >= 11 is 0. The Hall–Kier alpha value is -1.77. The SMILES string of the molecule is CCn1c2c(c3ccccc31)CCCC2(CC)CCNC=O. The first-order valence-electron chi connectivity index (χ1n) is 8.55. The lowest BCUT2D eigenvalue weighted by Gasteiger charge is -2.38. The van der Waals surface area contributed by atoms with E-state index in [0.29, 0.717) is 0 Å². The van der Waals surface area contributed by atoms with Crippen LogP contribution in [-0.2, 0) is 23.2 Å². The molecule has 1 N–H and O–H groups in total. The molecule has 3 nitrogen and oxygen atoms in total. The van der Waals surface area contributed by atoms with Gasteiger partial charge in [-0.1, -0.05) is 25.1 Å². The Morgan fingerprint density at radius 1 is 1.32 bits per heavy atom. The first kappa shape index (κ1) is 15.1. The number of benzene rings is 1. The van der Waals surface area contributed by atoms with Crippen molar-refractivity contribution in [1.82, 2.24) is 9.88 Å². The van der Waals surface area contributed by atoms with Crippen LogP contribution in [0.5, 0.6) is 0 Å². The van der Waals surface area contributed by atoms with E-state index in [0.717, 1.165) is 32.3 Å². The van der Waals surface area contributed by atoms with E-state index in [1.54, 1.807) is 5.56 Å². The summed E-state index contributed by atoms with van der Waals surface area (Å²) in [5, 5.41) is 4.30. The third-order valence-corrected chi connectivity index (χ3v) is 5.48. The normalized spacial score (nSPS) is 20.8. The monoisotopic (exact) mass is 298 g/mol. The first-order valence-corrected chi connectivity index (χ1v) is 8.55. The number of carbonyl (C=O) groups excluding carboxylic acids is 1. The molecular formula is C19H26N2O. The highest BCUT2D eigenvalue weighted by atomic mass is 16.1. The van der Waals surface area contributed by atoms with Gasteiger partial charge in [-0.3, -0.25) is 4.79 Å². The van der Waals surface area contributed by atoms with Crippen molar-refractivity contribution < 1.29 is 4.79 Å². The van der Waals surface area contributed by atoms with Crippen LogP contribution in [0.2, 0.25) is 0 Å². The second-order valence-electron chi connectivity index (χ2n) is 6.40. The van der Waals surface area contributed by atoms with Crippen molar-refractivity contribution in [1.29, 1.82) is 0 Å². The average molecular weight is 298 g/mol. The van der Waals surface area contributed by atoms with E-state index >= 15 is 0 Å². The minimum atomic E-state index is 0.207. The van der Waals surface area contributed by atoms with Crippen LogP contribution in [0.1, 0.15) is 50.8 Å². The fraction of sp³-hybridized carbons (Fsp3) is 0.526. The molecule has 0 bridgehead atoms. The van der Waals surface area contributed by atoms with Crippen molar-refractivity contribution >= 4 is 17.3 Å². The topological polar surface area (TPSA) is 34.0 Å². The molecular weight excluding hydrogens is 272 g/mol. The second-order valence-corrected chi connectivity index (χ2v) is 6.40. The van der Waals surface area contributed by atoms with E-state index in [1.165, 1.54) is 35.9 Å². The molecule has 0 aliphatic heterocycles.